The first-order chi connectivity index (χ1) is 14.2. The Morgan fingerprint density at radius 1 is 1.14 bits per heavy atom. The lowest BCUT2D eigenvalue weighted by Crippen LogP contribution is -2.30. The predicted octanol–water partition coefficient (Wildman–Crippen LogP) is 3.03. The smallest absolute Gasteiger partial charge is 0.277 e. The lowest BCUT2D eigenvalue weighted by molar-refractivity contribution is 0.1000. The zero-order valence-corrected chi connectivity index (χ0v) is 16.4. The van der Waals surface area contributed by atoms with Crippen molar-refractivity contribution in [3.8, 4) is 22.6 Å². The topological polar surface area (TPSA) is 114 Å². The van der Waals surface area contributed by atoms with Gasteiger partial charge >= 0.3 is 0 Å². The van der Waals surface area contributed by atoms with Crippen molar-refractivity contribution >= 4 is 34.2 Å². The van der Waals surface area contributed by atoms with Gasteiger partial charge in [-0.15, -0.1) is 11.3 Å². The maximum atomic E-state index is 11.4. The molecule has 1 saturated heterocycles. The summed E-state index contributed by atoms with van der Waals surface area (Å²) in [5.41, 5.74) is 9.09. The lowest BCUT2D eigenvalue weighted by Gasteiger charge is -2.26. The standard InChI is InChI=1S/C20H18N7OS/c21-17(28)19-25-15(11-29-19)13-5-4-6-14-16(13)26-18(24-14)12-9-22-20(23-10-12)27-7-2-1-3-8-27/h4-6,9-10H,1-3,7-8H2,(H2,21,28)(H,24,26). The highest BCUT2D eigenvalue weighted by molar-refractivity contribution is 7.11. The average Bonchev–Trinajstić information content (AvgIpc) is 3.42. The summed E-state index contributed by atoms with van der Waals surface area (Å²) in [5.74, 6) is 0.891. The number of nitrogens with one attached hydrogen (secondary N) is 1. The Hall–Kier alpha value is -3.33. The number of para-hydroxylation sites is 1. The number of hydrogen-bond acceptors (Lipinski definition) is 7. The molecule has 0 bridgehead atoms. The summed E-state index contributed by atoms with van der Waals surface area (Å²) >= 11 is 1.11. The normalized spacial score (nSPS) is 14.4. The number of hydrogen-bond donors (Lipinski definition) is 2. The van der Waals surface area contributed by atoms with Gasteiger partial charge < -0.3 is 15.6 Å². The Morgan fingerprint density at radius 2 is 1.93 bits per heavy atom. The van der Waals surface area contributed by atoms with Crippen LogP contribution in [-0.2, 0) is 0 Å². The maximum absolute atomic E-state index is 11.4. The number of carbonyl (C=O) groups is 1. The molecule has 1 radical (unpaired) electrons. The molecule has 1 aliphatic heterocycles. The zero-order chi connectivity index (χ0) is 19.8. The minimum absolute atomic E-state index is 0.231. The zero-order valence-electron chi connectivity index (χ0n) is 15.6. The van der Waals surface area contributed by atoms with Crippen LogP contribution in [0.5, 0.6) is 0 Å². The number of aromatic nitrogens is 5. The molecule has 8 nitrogen and oxygen atoms in total. The highest BCUT2D eigenvalue weighted by Crippen LogP contribution is 2.30. The van der Waals surface area contributed by atoms with Gasteiger partial charge in [0, 0.05) is 31.0 Å². The number of amides is 1. The number of piperidine rings is 1. The summed E-state index contributed by atoms with van der Waals surface area (Å²) in [6, 6.07) is 5.76. The van der Waals surface area contributed by atoms with Crippen LogP contribution in [0.1, 0.15) is 29.1 Å². The summed E-state index contributed by atoms with van der Waals surface area (Å²) in [7, 11) is 0. The number of H-pyrrole nitrogens is 1. The van der Waals surface area contributed by atoms with Crippen molar-refractivity contribution in [2.75, 3.05) is 18.0 Å². The van der Waals surface area contributed by atoms with Crippen LogP contribution in [0, 0.1) is 5.38 Å². The summed E-state index contributed by atoms with van der Waals surface area (Å²) in [6.45, 7) is 2.01. The van der Waals surface area contributed by atoms with E-state index in [1.807, 2.05) is 18.2 Å². The number of thiazole rings is 1. The Bertz CT molecular complexity index is 1180. The van der Waals surface area contributed by atoms with Crippen LogP contribution in [0.4, 0.5) is 5.95 Å². The van der Waals surface area contributed by atoms with Gasteiger partial charge in [-0.2, -0.15) is 0 Å². The molecule has 0 atom stereocenters. The molecule has 1 fully saturated rings. The van der Waals surface area contributed by atoms with Gasteiger partial charge in [-0.25, -0.2) is 19.9 Å². The molecule has 3 aromatic heterocycles. The summed E-state index contributed by atoms with van der Waals surface area (Å²) < 4.78 is 0. The van der Waals surface area contributed by atoms with Gasteiger partial charge in [0.05, 0.1) is 27.7 Å². The molecule has 29 heavy (non-hydrogen) atoms. The number of fused-ring (bicyclic) bond motifs is 1. The second-order valence-electron chi connectivity index (χ2n) is 6.94. The van der Waals surface area contributed by atoms with E-state index in [2.05, 4.69) is 30.2 Å². The third-order valence-electron chi connectivity index (χ3n) is 4.99. The van der Waals surface area contributed by atoms with Gasteiger partial charge in [0.1, 0.15) is 5.82 Å². The fraction of sp³-hybridized carbons (Fsp3) is 0.250. The Morgan fingerprint density at radius 3 is 2.66 bits per heavy atom. The monoisotopic (exact) mass is 404 g/mol. The molecule has 1 aliphatic rings. The fourth-order valence-electron chi connectivity index (χ4n) is 3.53. The first-order valence-electron chi connectivity index (χ1n) is 9.44. The lowest BCUT2D eigenvalue weighted by atomic mass is 10.1. The molecular weight excluding hydrogens is 386 g/mol. The van der Waals surface area contributed by atoms with E-state index in [-0.39, 0.29) is 5.01 Å². The second-order valence-corrected chi connectivity index (χ2v) is 7.74. The minimum Gasteiger partial charge on any atom is -0.364 e. The fourth-order valence-corrected chi connectivity index (χ4v) is 4.11. The summed E-state index contributed by atoms with van der Waals surface area (Å²) in [5, 5.41) is 3.26. The molecule has 0 unspecified atom stereocenters. The van der Waals surface area contributed by atoms with Gasteiger partial charge in [-0.3, -0.25) is 4.79 Å². The van der Waals surface area contributed by atoms with E-state index in [1.54, 1.807) is 12.4 Å². The summed E-state index contributed by atoms with van der Waals surface area (Å²) in [6.07, 6.45) is 7.24. The second kappa shape index (κ2) is 7.25. The first kappa shape index (κ1) is 17.7. The van der Waals surface area contributed by atoms with Gasteiger partial charge in [0.25, 0.3) is 5.91 Å². The quantitative estimate of drug-likeness (QED) is 0.540. The van der Waals surface area contributed by atoms with Gasteiger partial charge in [0.15, 0.2) is 5.01 Å². The van der Waals surface area contributed by atoms with Crippen molar-refractivity contribution in [1.82, 2.24) is 24.9 Å². The van der Waals surface area contributed by atoms with E-state index in [1.165, 1.54) is 19.3 Å². The molecular formula is C20H18N7OS. The molecule has 5 rings (SSSR count). The van der Waals surface area contributed by atoms with E-state index in [0.717, 1.165) is 52.5 Å². The molecule has 0 aliphatic carbocycles. The minimum atomic E-state index is -0.557. The molecule has 3 N–H and O–H groups in total. The number of nitrogens with zero attached hydrogens (tertiary/aromatic N) is 5. The van der Waals surface area contributed by atoms with Crippen LogP contribution in [-0.4, -0.2) is 43.9 Å². The molecule has 0 saturated carbocycles. The van der Waals surface area contributed by atoms with Crippen molar-refractivity contribution in [3.63, 3.8) is 0 Å². The van der Waals surface area contributed by atoms with Crippen molar-refractivity contribution in [1.29, 1.82) is 0 Å². The number of nitrogens with two attached hydrogens (primary N) is 1. The van der Waals surface area contributed by atoms with Gasteiger partial charge in [-0.05, 0) is 25.3 Å². The van der Waals surface area contributed by atoms with Gasteiger partial charge in [0.2, 0.25) is 5.95 Å². The van der Waals surface area contributed by atoms with Gasteiger partial charge in [-0.1, -0.05) is 12.1 Å². The highest BCUT2D eigenvalue weighted by Gasteiger charge is 2.16. The highest BCUT2D eigenvalue weighted by atomic mass is 32.1. The third kappa shape index (κ3) is 3.33. The molecule has 4 aromatic rings. The number of rotatable bonds is 4. The molecule has 4 heterocycles. The Labute approximate surface area is 170 Å². The van der Waals surface area contributed by atoms with Crippen LogP contribution < -0.4 is 10.6 Å². The number of aromatic amines is 1. The SMILES string of the molecule is NC(=O)c1nc(-c2cccc3[nH]c(-c4cnc(N5CCCCC5)nc4)nc23)[c]s1. The van der Waals surface area contributed by atoms with E-state index in [4.69, 9.17) is 10.7 Å². The van der Waals surface area contributed by atoms with E-state index in [0.29, 0.717) is 11.5 Å². The van der Waals surface area contributed by atoms with E-state index >= 15 is 0 Å². The van der Waals surface area contributed by atoms with Crippen LogP contribution in [0.3, 0.4) is 0 Å². The number of anilines is 1. The van der Waals surface area contributed by atoms with Crippen molar-refractivity contribution in [3.05, 3.63) is 41.0 Å². The van der Waals surface area contributed by atoms with Crippen molar-refractivity contribution in [2.45, 2.75) is 19.3 Å². The first-order valence-corrected chi connectivity index (χ1v) is 10.3. The van der Waals surface area contributed by atoms with Crippen molar-refractivity contribution < 1.29 is 4.79 Å². The molecule has 1 amide bonds. The maximum Gasteiger partial charge on any atom is 0.277 e. The van der Waals surface area contributed by atoms with Crippen LogP contribution >= 0.6 is 11.3 Å². The van der Waals surface area contributed by atoms with Crippen LogP contribution in [0.2, 0.25) is 0 Å². The van der Waals surface area contributed by atoms with Crippen LogP contribution in [0.25, 0.3) is 33.7 Å². The predicted molar refractivity (Wildman–Crippen MR) is 112 cm³/mol. The van der Waals surface area contributed by atoms with Crippen molar-refractivity contribution in [2.24, 2.45) is 5.73 Å². The summed E-state index contributed by atoms with van der Waals surface area (Å²) in [4.78, 5) is 35.0. The molecule has 145 valence electrons. The third-order valence-corrected chi connectivity index (χ3v) is 5.77. The molecule has 0 spiro atoms. The molecule has 9 heteroatoms. The number of carbonyl (C=O) groups excluding carboxylic acids is 1. The average molecular weight is 404 g/mol. The van der Waals surface area contributed by atoms with E-state index < -0.39 is 5.91 Å². The van der Waals surface area contributed by atoms with Crippen LogP contribution in [0.15, 0.2) is 30.6 Å². The number of imidazole rings is 1. The number of primary amides is 1. The number of benzene rings is 1. The van der Waals surface area contributed by atoms with E-state index in [9.17, 15) is 4.79 Å². The largest absolute Gasteiger partial charge is 0.364 e. The molecule has 1 aromatic carbocycles. The Kier molecular flexibility index (Phi) is 4.44. The Balaban J connectivity index is 1.49.